The van der Waals surface area contributed by atoms with E-state index in [0.717, 1.165) is 18.7 Å². The van der Waals surface area contributed by atoms with Crippen molar-refractivity contribution in [2.75, 3.05) is 18.5 Å². The molecule has 0 amide bonds. The van der Waals surface area contributed by atoms with Crippen LogP contribution in [0.15, 0.2) is 64.9 Å². The van der Waals surface area contributed by atoms with Gasteiger partial charge in [-0.15, -0.1) is 0 Å². The summed E-state index contributed by atoms with van der Waals surface area (Å²) in [7, 11) is 2.13. The molecule has 4 rings (SSSR count). The molecule has 0 aliphatic carbocycles. The fraction of sp³-hybridized carbons (Fsp3) is 0.200. The molecule has 3 aromatic rings. The van der Waals surface area contributed by atoms with Crippen LogP contribution >= 0.6 is 11.8 Å². The molecule has 0 unspecified atom stereocenters. The van der Waals surface area contributed by atoms with Gasteiger partial charge in [-0.2, -0.15) is 0 Å². The van der Waals surface area contributed by atoms with Crippen LogP contribution in [0.4, 0.5) is 5.69 Å². The van der Waals surface area contributed by atoms with E-state index < -0.39 is 0 Å². The Hall–Kier alpha value is -2.37. The molecule has 2 N–H and O–H groups in total. The van der Waals surface area contributed by atoms with Crippen LogP contribution in [0.1, 0.15) is 12.1 Å². The molecule has 2 aromatic carbocycles. The average molecular weight is 349 g/mol. The summed E-state index contributed by atoms with van der Waals surface area (Å²) in [4.78, 5) is 8.12. The van der Waals surface area contributed by atoms with Crippen LogP contribution in [0.5, 0.6) is 0 Å². The maximum atomic E-state index is 5.56. The first-order chi connectivity index (χ1) is 12.3. The van der Waals surface area contributed by atoms with E-state index in [1.807, 2.05) is 6.33 Å². The van der Waals surface area contributed by atoms with Gasteiger partial charge in [0.05, 0.1) is 23.5 Å². The van der Waals surface area contributed by atoms with E-state index in [0.29, 0.717) is 6.54 Å². The van der Waals surface area contributed by atoms with Crippen LogP contribution < -0.4 is 15.2 Å². The monoisotopic (exact) mass is 349 g/mol. The lowest BCUT2D eigenvalue weighted by Gasteiger charge is -2.15. The van der Waals surface area contributed by atoms with Gasteiger partial charge in [-0.1, -0.05) is 42.1 Å². The molecule has 0 saturated carbocycles. The summed E-state index contributed by atoms with van der Waals surface area (Å²) < 4.78 is 2.07. The minimum atomic E-state index is 0.701. The maximum Gasteiger partial charge on any atom is 0.286 e. The highest BCUT2D eigenvalue weighted by Crippen LogP contribution is 2.48. The summed E-state index contributed by atoms with van der Waals surface area (Å²) in [6.45, 7) is 1.61. The van der Waals surface area contributed by atoms with E-state index in [2.05, 4.69) is 76.2 Å². The Morgan fingerprint density at radius 2 is 2.08 bits per heavy atom. The molecule has 5 heteroatoms. The number of nitrogens with two attached hydrogens (primary N) is 1. The van der Waals surface area contributed by atoms with Crippen LogP contribution in [-0.2, 0) is 6.54 Å². The van der Waals surface area contributed by atoms with Crippen LogP contribution in [0, 0.1) is 0 Å². The number of anilines is 1. The molecule has 0 saturated heterocycles. The molecule has 2 heterocycles. The topological polar surface area (TPSA) is 46.0 Å². The second-order valence-electron chi connectivity index (χ2n) is 6.14. The molecule has 0 spiro atoms. The normalized spacial score (nSPS) is 15.1. The van der Waals surface area contributed by atoms with Crippen molar-refractivity contribution in [1.82, 2.24) is 4.98 Å². The van der Waals surface area contributed by atoms with Crippen molar-refractivity contribution in [1.29, 1.82) is 0 Å². The number of nitrogens with zero attached hydrogens (tertiary/aromatic N) is 3. The van der Waals surface area contributed by atoms with Gasteiger partial charge >= 0.3 is 0 Å². The predicted molar refractivity (Wildman–Crippen MR) is 104 cm³/mol. The molecular formula is C20H21N4S+. The van der Waals surface area contributed by atoms with E-state index in [-0.39, 0.29) is 0 Å². The Morgan fingerprint density at radius 3 is 2.88 bits per heavy atom. The van der Waals surface area contributed by atoms with Crippen molar-refractivity contribution in [3.05, 3.63) is 65.7 Å². The third-order valence-corrected chi connectivity index (χ3v) is 5.58. The number of fused-ring (bicyclic) bond motifs is 3. The second-order valence-corrected chi connectivity index (χ2v) is 7.20. The van der Waals surface area contributed by atoms with E-state index in [4.69, 9.17) is 5.73 Å². The van der Waals surface area contributed by atoms with Crippen molar-refractivity contribution >= 4 is 34.3 Å². The lowest BCUT2D eigenvalue weighted by Crippen LogP contribution is -2.34. The highest BCUT2D eigenvalue weighted by Gasteiger charge is 2.24. The van der Waals surface area contributed by atoms with E-state index in [9.17, 15) is 0 Å². The van der Waals surface area contributed by atoms with Gasteiger partial charge in [-0.3, -0.25) is 0 Å². The summed E-state index contributed by atoms with van der Waals surface area (Å²) in [6.07, 6.45) is 7.06. The van der Waals surface area contributed by atoms with Crippen molar-refractivity contribution < 1.29 is 4.57 Å². The molecular weight excluding hydrogens is 328 g/mol. The maximum absolute atomic E-state index is 5.56. The van der Waals surface area contributed by atoms with Gasteiger partial charge < -0.3 is 10.6 Å². The number of thioether (sulfide) groups is 1. The molecule has 4 nitrogen and oxygen atoms in total. The Bertz CT molecular complexity index is 934. The van der Waals surface area contributed by atoms with Gasteiger partial charge in [0, 0.05) is 29.5 Å². The smallest absolute Gasteiger partial charge is 0.286 e. The van der Waals surface area contributed by atoms with Gasteiger partial charge in [0.2, 0.25) is 0 Å². The lowest BCUT2D eigenvalue weighted by atomic mass is 10.1. The van der Waals surface area contributed by atoms with Crippen molar-refractivity contribution in [3.63, 3.8) is 0 Å². The molecule has 0 radical (unpaired) electrons. The molecule has 25 heavy (non-hydrogen) atoms. The first-order valence-corrected chi connectivity index (χ1v) is 9.28. The van der Waals surface area contributed by atoms with Gasteiger partial charge in [-0.05, 0) is 29.4 Å². The minimum Gasteiger partial charge on any atom is -0.338 e. The zero-order chi connectivity index (χ0) is 17.2. The van der Waals surface area contributed by atoms with Crippen molar-refractivity contribution in [2.45, 2.75) is 17.9 Å². The Kier molecular flexibility index (Phi) is 4.42. The van der Waals surface area contributed by atoms with Crippen LogP contribution in [0.2, 0.25) is 0 Å². The first-order valence-electron chi connectivity index (χ1n) is 8.46. The molecule has 1 aliphatic rings. The van der Waals surface area contributed by atoms with E-state index >= 15 is 0 Å². The quantitative estimate of drug-likeness (QED) is 0.733. The fourth-order valence-electron chi connectivity index (χ4n) is 3.09. The molecule has 0 atom stereocenters. The molecule has 0 fully saturated rings. The second kappa shape index (κ2) is 6.86. The Labute approximate surface area is 152 Å². The predicted octanol–water partition coefficient (Wildman–Crippen LogP) is 3.41. The largest absolute Gasteiger partial charge is 0.338 e. The number of benzene rings is 2. The lowest BCUT2D eigenvalue weighted by molar-refractivity contribution is -0.700. The van der Waals surface area contributed by atoms with Gasteiger partial charge in [0.25, 0.3) is 6.33 Å². The highest BCUT2D eigenvalue weighted by molar-refractivity contribution is 8.03. The fourth-order valence-corrected chi connectivity index (χ4v) is 4.21. The Balaban J connectivity index is 1.63. The zero-order valence-corrected chi connectivity index (χ0v) is 15.0. The Morgan fingerprint density at radius 1 is 1.20 bits per heavy atom. The number of hydrogen-bond donors (Lipinski definition) is 1. The summed E-state index contributed by atoms with van der Waals surface area (Å²) >= 11 is 1.80. The minimum absolute atomic E-state index is 0.701. The van der Waals surface area contributed by atoms with Crippen LogP contribution in [0.25, 0.3) is 16.8 Å². The van der Waals surface area contributed by atoms with E-state index in [1.54, 1.807) is 11.8 Å². The summed E-state index contributed by atoms with van der Waals surface area (Å²) in [5, 5.41) is 3.76. The molecule has 126 valence electrons. The third-order valence-electron chi connectivity index (χ3n) is 4.43. The SMILES string of the molecule is CN1C(=Cc2cc[n+](CCCN)cn2)Sc2ccc3ccccc3c21. The van der Waals surface area contributed by atoms with Crippen molar-refractivity contribution in [3.8, 4) is 0 Å². The molecule has 1 aliphatic heterocycles. The van der Waals surface area contributed by atoms with Gasteiger partial charge in [-0.25, -0.2) is 4.57 Å². The highest BCUT2D eigenvalue weighted by atomic mass is 32.2. The number of hydrogen-bond acceptors (Lipinski definition) is 4. The summed E-state index contributed by atoms with van der Waals surface area (Å²) in [6, 6.07) is 15.0. The number of aryl methyl sites for hydroxylation is 1. The van der Waals surface area contributed by atoms with E-state index in [1.165, 1.54) is 26.4 Å². The standard InChI is InChI=1S/C20H21N4S/c1-23-19(13-16-9-12-24(14-22-16)11-4-10-21)25-18-8-7-15-5-2-3-6-17(15)20(18)23/h2-3,5-9,12-14H,4,10-11,21H2,1H3/q+1. The van der Waals surface area contributed by atoms with Crippen LogP contribution in [0.3, 0.4) is 0 Å². The first kappa shape index (κ1) is 16.1. The molecule has 0 bridgehead atoms. The summed E-state index contributed by atoms with van der Waals surface area (Å²) in [5.41, 5.74) is 7.81. The van der Waals surface area contributed by atoms with Gasteiger partial charge in [0.1, 0.15) is 0 Å². The van der Waals surface area contributed by atoms with Gasteiger partial charge in [0.15, 0.2) is 5.69 Å². The number of aromatic nitrogens is 2. The average Bonchev–Trinajstić information content (AvgIpc) is 2.97. The van der Waals surface area contributed by atoms with Crippen molar-refractivity contribution in [2.24, 2.45) is 5.73 Å². The summed E-state index contributed by atoms with van der Waals surface area (Å²) in [5.74, 6) is 0. The zero-order valence-electron chi connectivity index (χ0n) is 14.2. The third kappa shape index (κ3) is 3.13. The van der Waals surface area contributed by atoms with Crippen LogP contribution in [-0.4, -0.2) is 18.6 Å². The number of rotatable bonds is 4. The molecule has 1 aromatic heterocycles.